The van der Waals surface area contributed by atoms with Gasteiger partial charge in [0.05, 0.1) is 23.1 Å². The van der Waals surface area contributed by atoms with E-state index in [4.69, 9.17) is 5.73 Å². The van der Waals surface area contributed by atoms with Crippen LogP contribution < -0.4 is 11.1 Å². The summed E-state index contributed by atoms with van der Waals surface area (Å²) in [5, 5.41) is 4.14. The topological polar surface area (TPSA) is 50.9 Å². The third-order valence-corrected chi connectivity index (χ3v) is 3.45. The van der Waals surface area contributed by atoms with Crippen molar-refractivity contribution in [1.82, 2.24) is 4.98 Å². The van der Waals surface area contributed by atoms with Crippen LogP contribution in [0.2, 0.25) is 0 Å². The molecule has 0 atom stereocenters. The van der Waals surface area contributed by atoms with Crippen molar-refractivity contribution >= 4 is 38.2 Å². The minimum atomic E-state index is 0.667. The van der Waals surface area contributed by atoms with Crippen LogP contribution in [0.15, 0.2) is 22.8 Å². The number of nitrogens with zero attached hydrogens (tertiary/aromatic N) is 1. The van der Waals surface area contributed by atoms with Crippen molar-refractivity contribution in [3.05, 3.63) is 28.4 Å². The number of hydrogen-bond acceptors (Lipinski definition) is 3. The van der Waals surface area contributed by atoms with Gasteiger partial charge in [-0.25, -0.2) is 0 Å². The van der Waals surface area contributed by atoms with E-state index in [9.17, 15) is 0 Å². The first kappa shape index (κ1) is 10.2. The normalized spacial score (nSPS) is 10.6. The van der Waals surface area contributed by atoms with Crippen LogP contribution in [0.25, 0.3) is 10.9 Å². The van der Waals surface area contributed by atoms with E-state index in [0.29, 0.717) is 5.69 Å². The molecule has 0 amide bonds. The van der Waals surface area contributed by atoms with Gasteiger partial charge in [-0.05, 0) is 28.4 Å². The maximum Gasteiger partial charge on any atom is 0.0869 e. The number of aryl methyl sites for hydroxylation is 1. The number of aromatic nitrogens is 1. The Balaban J connectivity index is 2.89. The second-order valence-electron chi connectivity index (χ2n) is 3.43. The van der Waals surface area contributed by atoms with Crippen molar-refractivity contribution in [3.8, 4) is 0 Å². The summed E-state index contributed by atoms with van der Waals surface area (Å²) in [4.78, 5) is 4.34. The van der Waals surface area contributed by atoms with Gasteiger partial charge in [-0.3, -0.25) is 4.98 Å². The molecule has 4 heteroatoms. The number of pyridine rings is 1. The van der Waals surface area contributed by atoms with Gasteiger partial charge in [-0.15, -0.1) is 0 Å². The summed E-state index contributed by atoms with van der Waals surface area (Å²) < 4.78 is 1.02. The average Bonchev–Trinajstić information content (AvgIpc) is 2.23. The molecule has 3 N–H and O–H groups in total. The maximum atomic E-state index is 5.84. The van der Waals surface area contributed by atoms with Crippen LogP contribution in [-0.4, -0.2) is 12.0 Å². The third-order valence-electron chi connectivity index (χ3n) is 2.45. The number of anilines is 2. The number of benzene rings is 1. The maximum absolute atomic E-state index is 5.84. The first-order chi connectivity index (χ1) is 7.15. The van der Waals surface area contributed by atoms with Crippen molar-refractivity contribution in [2.75, 3.05) is 18.1 Å². The molecule has 15 heavy (non-hydrogen) atoms. The van der Waals surface area contributed by atoms with Gasteiger partial charge >= 0.3 is 0 Å². The molecule has 0 radical (unpaired) electrons. The van der Waals surface area contributed by atoms with Crippen molar-refractivity contribution in [2.45, 2.75) is 6.92 Å². The fourth-order valence-corrected chi connectivity index (χ4v) is 2.07. The highest BCUT2D eigenvalue weighted by molar-refractivity contribution is 9.10. The SMILES string of the molecule is CNc1c(N)cnc2c(Br)c(C)ccc12. The smallest absolute Gasteiger partial charge is 0.0869 e. The quantitative estimate of drug-likeness (QED) is 0.834. The summed E-state index contributed by atoms with van der Waals surface area (Å²) in [6.07, 6.45) is 1.68. The van der Waals surface area contributed by atoms with E-state index in [-0.39, 0.29) is 0 Å². The number of fused-ring (bicyclic) bond motifs is 1. The second kappa shape index (κ2) is 3.70. The molecule has 1 aromatic heterocycles. The summed E-state index contributed by atoms with van der Waals surface area (Å²) in [5.41, 5.74) is 9.55. The number of halogens is 1. The predicted octanol–water partition coefficient (Wildman–Crippen LogP) is 2.93. The first-order valence-electron chi connectivity index (χ1n) is 4.66. The van der Waals surface area contributed by atoms with Crippen LogP contribution >= 0.6 is 15.9 Å². The zero-order valence-corrected chi connectivity index (χ0v) is 10.2. The molecule has 3 nitrogen and oxygen atoms in total. The Bertz CT molecular complexity index is 523. The molecular formula is C11H12BrN3. The standard InChI is InChI=1S/C11H12BrN3/c1-6-3-4-7-10(14-2)8(13)5-15-11(7)9(6)12/h3-5H,13H2,1-2H3,(H,14,15). The Labute approximate surface area is 96.8 Å². The summed E-state index contributed by atoms with van der Waals surface area (Å²) in [6, 6.07) is 4.08. The number of nitrogens with two attached hydrogens (primary N) is 1. The van der Waals surface area contributed by atoms with Gasteiger partial charge in [0, 0.05) is 16.9 Å². The molecule has 1 heterocycles. The van der Waals surface area contributed by atoms with Crippen molar-refractivity contribution in [3.63, 3.8) is 0 Å². The van der Waals surface area contributed by atoms with Gasteiger partial charge < -0.3 is 11.1 Å². The van der Waals surface area contributed by atoms with Gasteiger partial charge in [-0.2, -0.15) is 0 Å². The Kier molecular flexibility index (Phi) is 2.52. The van der Waals surface area contributed by atoms with Crippen LogP contribution in [0.1, 0.15) is 5.56 Å². The first-order valence-corrected chi connectivity index (χ1v) is 5.45. The predicted molar refractivity (Wildman–Crippen MR) is 68.1 cm³/mol. The largest absolute Gasteiger partial charge is 0.396 e. The van der Waals surface area contributed by atoms with E-state index in [2.05, 4.69) is 26.2 Å². The van der Waals surface area contributed by atoms with E-state index in [0.717, 1.165) is 21.1 Å². The summed E-state index contributed by atoms with van der Waals surface area (Å²) >= 11 is 3.54. The molecule has 0 spiro atoms. The van der Waals surface area contributed by atoms with Crippen LogP contribution in [0.4, 0.5) is 11.4 Å². The van der Waals surface area contributed by atoms with E-state index in [1.807, 2.05) is 26.1 Å². The lowest BCUT2D eigenvalue weighted by molar-refractivity contribution is 1.36. The third kappa shape index (κ3) is 1.55. The van der Waals surface area contributed by atoms with Gasteiger partial charge in [0.15, 0.2) is 0 Å². The van der Waals surface area contributed by atoms with Gasteiger partial charge in [0.2, 0.25) is 0 Å². The number of nitrogens with one attached hydrogen (secondary N) is 1. The molecule has 0 aliphatic rings. The van der Waals surface area contributed by atoms with Crippen LogP contribution in [0, 0.1) is 6.92 Å². The molecule has 2 aromatic rings. The van der Waals surface area contributed by atoms with E-state index < -0.39 is 0 Å². The highest BCUT2D eigenvalue weighted by Crippen LogP contribution is 2.33. The molecular weight excluding hydrogens is 254 g/mol. The second-order valence-corrected chi connectivity index (χ2v) is 4.22. The number of nitrogen functional groups attached to an aromatic ring is 1. The Morgan fingerprint density at radius 1 is 1.40 bits per heavy atom. The minimum absolute atomic E-state index is 0.667. The van der Waals surface area contributed by atoms with Crippen molar-refractivity contribution < 1.29 is 0 Å². The Morgan fingerprint density at radius 3 is 2.80 bits per heavy atom. The van der Waals surface area contributed by atoms with Gasteiger partial charge in [0.1, 0.15) is 0 Å². The van der Waals surface area contributed by atoms with E-state index in [1.54, 1.807) is 6.20 Å². The highest BCUT2D eigenvalue weighted by Gasteiger charge is 2.08. The molecule has 0 saturated carbocycles. The van der Waals surface area contributed by atoms with E-state index in [1.165, 1.54) is 5.56 Å². The van der Waals surface area contributed by atoms with Crippen molar-refractivity contribution in [1.29, 1.82) is 0 Å². The minimum Gasteiger partial charge on any atom is -0.396 e. The zero-order chi connectivity index (χ0) is 11.0. The number of rotatable bonds is 1. The fraction of sp³-hybridized carbons (Fsp3) is 0.182. The zero-order valence-electron chi connectivity index (χ0n) is 8.63. The summed E-state index contributed by atoms with van der Waals surface area (Å²) in [6.45, 7) is 2.04. The van der Waals surface area contributed by atoms with Crippen LogP contribution in [0.5, 0.6) is 0 Å². The lowest BCUT2D eigenvalue weighted by atomic mass is 10.1. The summed E-state index contributed by atoms with van der Waals surface area (Å²) in [7, 11) is 1.86. The lowest BCUT2D eigenvalue weighted by Crippen LogP contribution is -1.98. The average molecular weight is 266 g/mol. The molecule has 0 saturated heterocycles. The summed E-state index contributed by atoms with van der Waals surface area (Å²) in [5.74, 6) is 0. The highest BCUT2D eigenvalue weighted by atomic mass is 79.9. The van der Waals surface area contributed by atoms with Gasteiger partial charge in [-0.1, -0.05) is 12.1 Å². The van der Waals surface area contributed by atoms with Crippen LogP contribution in [-0.2, 0) is 0 Å². The molecule has 2 rings (SSSR count). The fourth-order valence-electron chi connectivity index (χ4n) is 1.63. The number of hydrogen-bond donors (Lipinski definition) is 2. The lowest BCUT2D eigenvalue weighted by Gasteiger charge is -2.10. The Hall–Kier alpha value is -1.29. The Morgan fingerprint density at radius 2 is 2.13 bits per heavy atom. The van der Waals surface area contributed by atoms with Crippen LogP contribution in [0.3, 0.4) is 0 Å². The van der Waals surface area contributed by atoms with Crippen molar-refractivity contribution in [2.24, 2.45) is 0 Å². The molecule has 0 aliphatic heterocycles. The molecule has 1 aromatic carbocycles. The molecule has 0 fully saturated rings. The monoisotopic (exact) mass is 265 g/mol. The molecule has 0 unspecified atom stereocenters. The molecule has 78 valence electrons. The van der Waals surface area contributed by atoms with E-state index >= 15 is 0 Å². The molecule has 0 bridgehead atoms. The molecule has 0 aliphatic carbocycles. The van der Waals surface area contributed by atoms with Gasteiger partial charge in [0.25, 0.3) is 0 Å².